The van der Waals surface area contributed by atoms with Crippen LogP contribution in [0.1, 0.15) is 18.9 Å². The van der Waals surface area contributed by atoms with Crippen LogP contribution in [0.5, 0.6) is 0 Å². The molecule has 2 rings (SSSR count). The normalized spacial score (nSPS) is 26.9. The summed E-state index contributed by atoms with van der Waals surface area (Å²) in [5, 5.41) is 0. The van der Waals surface area contributed by atoms with E-state index in [-0.39, 0.29) is 6.10 Å². The van der Waals surface area contributed by atoms with Crippen LogP contribution < -0.4 is 0 Å². The fourth-order valence-electron chi connectivity index (χ4n) is 2.89. The number of benzene rings is 1. The van der Waals surface area contributed by atoms with Gasteiger partial charge in [0, 0.05) is 8.07 Å². The summed E-state index contributed by atoms with van der Waals surface area (Å²) in [5.41, 5.74) is 1.23. The predicted octanol–water partition coefficient (Wildman–Crippen LogP) is 4.34. The molecule has 1 fully saturated rings. The molecular weight excluding hydrogens is 264 g/mol. The highest BCUT2D eigenvalue weighted by Crippen LogP contribution is 2.31. The van der Waals surface area contributed by atoms with Crippen LogP contribution in [-0.2, 0) is 16.1 Å². The first kappa shape index (κ1) is 15.7. The minimum Gasteiger partial charge on any atom is -0.374 e. The summed E-state index contributed by atoms with van der Waals surface area (Å²) in [6, 6.07) is 11.6. The van der Waals surface area contributed by atoms with Crippen LogP contribution >= 0.6 is 0 Å². The van der Waals surface area contributed by atoms with E-state index in [2.05, 4.69) is 50.8 Å². The van der Waals surface area contributed by atoms with Crippen molar-refractivity contribution >= 4 is 8.07 Å². The summed E-state index contributed by atoms with van der Waals surface area (Å²) < 4.78 is 12.0. The average Bonchev–Trinajstić information content (AvgIpc) is 2.68. The van der Waals surface area contributed by atoms with E-state index >= 15 is 0 Å². The molecule has 1 aliphatic heterocycles. The van der Waals surface area contributed by atoms with E-state index in [9.17, 15) is 0 Å². The molecule has 0 radical (unpaired) electrons. The van der Waals surface area contributed by atoms with Crippen molar-refractivity contribution in [3.8, 4) is 0 Å². The van der Waals surface area contributed by atoms with E-state index in [1.807, 2.05) is 6.07 Å². The minimum absolute atomic E-state index is 0.278. The summed E-state index contributed by atoms with van der Waals surface area (Å²) in [6.07, 6.45) is 1.94. The summed E-state index contributed by atoms with van der Waals surface area (Å²) in [7, 11) is -1.03. The molecule has 112 valence electrons. The molecule has 2 nitrogen and oxygen atoms in total. The molecule has 0 saturated carbocycles. The zero-order chi connectivity index (χ0) is 14.6. The molecule has 0 unspecified atom stereocenters. The van der Waals surface area contributed by atoms with Gasteiger partial charge in [0.2, 0.25) is 0 Å². The van der Waals surface area contributed by atoms with Crippen molar-refractivity contribution in [1.29, 1.82) is 0 Å². The maximum absolute atomic E-state index is 6.20. The number of ether oxygens (including phenoxy) is 2. The Hall–Kier alpha value is -0.643. The molecule has 0 aromatic heterocycles. The van der Waals surface area contributed by atoms with E-state index in [1.165, 1.54) is 18.0 Å². The number of hydrogen-bond donors (Lipinski definition) is 0. The highest BCUT2D eigenvalue weighted by Gasteiger charge is 2.34. The Bertz CT molecular complexity index is 399. The van der Waals surface area contributed by atoms with E-state index in [0.717, 1.165) is 6.61 Å². The van der Waals surface area contributed by atoms with Gasteiger partial charge in [-0.15, -0.1) is 0 Å². The van der Waals surface area contributed by atoms with Gasteiger partial charge in [0.1, 0.15) is 0 Å². The molecule has 20 heavy (non-hydrogen) atoms. The largest absolute Gasteiger partial charge is 0.374 e. The quantitative estimate of drug-likeness (QED) is 0.726. The molecule has 1 heterocycles. The monoisotopic (exact) mass is 292 g/mol. The van der Waals surface area contributed by atoms with Gasteiger partial charge >= 0.3 is 0 Å². The van der Waals surface area contributed by atoms with Gasteiger partial charge in [-0.25, -0.2) is 0 Å². The summed E-state index contributed by atoms with van der Waals surface area (Å²) in [5.74, 6) is 0.618. The van der Waals surface area contributed by atoms with Crippen molar-refractivity contribution in [2.75, 3.05) is 6.61 Å². The molecule has 0 N–H and O–H groups in total. The molecule has 3 heteroatoms. The van der Waals surface area contributed by atoms with Crippen LogP contribution in [0.4, 0.5) is 0 Å². The Morgan fingerprint density at radius 3 is 2.55 bits per heavy atom. The first-order valence-corrected chi connectivity index (χ1v) is 11.4. The minimum atomic E-state index is -1.03. The molecule has 0 amide bonds. The molecule has 0 spiro atoms. The fraction of sp³-hybridized carbons (Fsp3) is 0.647. The Morgan fingerprint density at radius 1 is 1.20 bits per heavy atom. The van der Waals surface area contributed by atoms with Gasteiger partial charge in [-0.05, 0) is 23.9 Å². The summed E-state index contributed by atoms with van der Waals surface area (Å²) >= 11 is 0. The Labute approximate surface area is 124 Å². The van der Waals surface area contributed by atoms with Crippen LogP contribution in [-0.4, -0.2) is 26.9 Å². The van der Waals surface area contributed by atoms with Crippen molar-refractivity contribution in [2.45, 2.75) is 57.8 Å². The second-order valence-electron chi connectivity index (χ2n) is 7.28. The van der Waals surface area contributed by atoms with Gasteiger partial charge in [-0.2, -0.15) is 0 Å². The standard InChI is InChI=1S/C17H28O2Si/c1-14-10-16(13-20(2,3)4)19-17(14)12-18-11-15-8-6-5-7-9-15/h5-9,14,16-17H,10-13H2,1-4H3/t14-,16-,17+/m1/s1. The maximum atomic E-state index is 6.20. The highest BCUT2D eigenvalue weighted by atomic mass is 28.3. The highest BCUT2D eigenvalue weighted by molar-refractivity contribution is 6.76. The lowest BCUT2D eigenvalue weighted by molar-refractivity contribution is -0.0244. The second-order valence-corrected chi connectivity index (χ2v) is 12.8. The van der Waals surface area contributed by atoms with Crippen molar-refractivity contribution in [3.05, 3.63) is 35.9 Å². The van der Waals surface area contributed by atoms with Gasteiger partial charge in [-0.3, -0.25) is 0 Å². The van der Waals surface area contributed by atoms with Gasteiger partial charge in [0.25, 0.3) is 0 Å². The summed E-state index contributed by atoms with van der Waals surface area (Å²) in [6.45, 7) is 11.0. The second kappa shape index (κ2) is 6.88. The first-order valence-electron chi connectivity index (χ1n) is 7.71. The Balaban J connectivity index is 1.74. The topological polar surface area (TPSA) is 18.5 Å². The first-order chi connectivity index (χ1) is 9.44. The SMILES string of the molecule is C[C@@H]1C[C@H](C[Si](C)(C)C)O[C@H]1COCc1ccccc1. The molecule has 1 aliphatic rings. The third kappa shape index (κ3) is 5.04. The van der Waals surface area contributed by atoms with E-state index in [0.29, 0.717) is 18.6 Å². The van der Waals surface area contributed by atoms with Crippen molar-refractivity contribution in [3.63, 3.8) is 0 Å². The maximum Gasteiger partial charge on any atom is 0.0838 e. The number of hydrogen-bond acceptors (Lipinski definition) is 2. The predicted molar refractivity (Wildman–Crippen MR) is 86.7 cm³/mol. The third-order valence-corrected chi connectivity index (χ3v) is 5.55. The molecule has 1 saturated heterocycles. The molecule has 0 aliphatic carbocycles. The number of rotatable bonds is 6. The Morgan fingerprint density at radius 2 is 1.90 bits per heavy atom. The van der Waals surface area contributed by atoms with E-state index in [1.54, 1.807) is 0 Å². The lowest BCUT2D eigenvalue weighted by Gasteiger charge is -2.21. The van der Waals surface area contributed by atoms with Crippen molar-refractivity contribution in [2.24, 2.45) is 5.92 Å². The van der Waals surface area contributed by atoms with Gasteiger partial charge < -0.3 is 9.47 Å². The summed E-state index contributed by atoms with van der Waals surface area (Å²) in [4.78, 5) is 0. The van der Waals surface area contributed by atoms with Gasteiger partial charge in [0.05, 0.1) is 25.4 Å². The fourth-order valence-corrected chi connectivity index (χ4v) is 4.52. The molecule has 0 bridgehead atoms. The average molecular weight is 292 g/mol. The smallest absolute Gasteiger partial charge is 0.0838 e. The van der Waals surface area contributed by atoms with E-state index in [4.69, 9.17) is 9.47 Å². The molecular formula is C17H28O2Si. The Kier molecular flexibility index (Phi) is 5.41. The van der Waals surface area contributed by atoms with Crippen LogP contribution in [0.3, 0.4) is 0 Å². The molecule has 3 atom stereocenters. The zero-order valence-corrected chi connectivity index (χ0v) is 14.3. The van der Waals surface area contributed by atoms with Gasteiger partial charge in [0.15, 0.2) is 0 Å². The molecule has 1 aromatic rings. The van der Waals surface area contributed by atoms with Crippen molar-refractivity contribution in [1.82, 2.24) is 0 Å². The zero-order valence-electron chi connectivity index (χ0n) is 13.3. The van der Waals surface area contributed by atoms with Crippen molar-refractivity contribution < 1.29 is 9.47 Å². The third-order valence-electron chi connectivity index (χ3n) is 3.87. The van der Waals surface area contributed by atoms with Crippen LogP contribution in [0.25, 0.3) is 0 Å². The lowest BCUT2D eigenvalue weighted by atomic mass is 10.0. The van der Waals surface area contributed by atoms with Crippen LogP contribution in [0.2, 0.25) is 25.7 Å². The van der Waals surface area contributed by atoms with E-state index < -0.39 is 8.07 Å². The van der Waals surface area contributed by atoms with Gasteiger partial charge in [-0.1, -0.05) is 56.9 Å². The van der Waals surface area contributed by atoms with Crippen LogP contribution in [0.15, 0.2) is 30.3 Å². The van der Waals surface area contributed by atoms with Crippen LogP contribution in [0, 0.1) is 5.92 Å². The molecule has 1 aromatic carbocycles. The lowest BCUT2D eigenvalue weighted by Crippen LogP contribution is -2.27.